The topological polar surface area (TPSA) is 40.5 Å². The molecule has 66 valence electrons. The summed E-state index contributed by atoms with van der Waals surface area (Å²) in [6, 6.07) is 0. The second kappa shape index (κ2) is 4.99. The van der Waals surface area contributed by atoms with E-state index < -0.39 is 6.09 Å². The van der Waals surface area contributed by atoms with E-state index in [1.807, 2.05) is 6.92 Å². The van der Waals surface area contributed by atoms with Crippen LogP contribution in [0.4, 0.5) is 4.79 Å². The largest absolute Gasteiger partial charge is 0.465 e. The van der Waals surface area contributed by atoms with Gasteiger partial charge < -0.3 is 10.0 Å². The van der Waals surface area contributed by atoms with Gasteiger partial charge in [-0.05, 0) is 19.3 Å². The third kappa shape index (κ3) is 4.65. The van der Waals surface area contributed by atoms with Crippen molar-refractivity contribution in [2.45, 2.75) is 27.2 Å². The summed E-state index contributed by atoms with van der Waals surface area (Å²) >= 11 is 0. The molecular weight excluding hydrogens is 142 g/mol. The Labute approximate surface area is 68.0 Å². The van der Waals surface area contributed by atoms with Gasteiger partial charge in [0.2, 0.25) is 0 Å². The van der Waals surface area contributed by atoms with Gasteiger partial charge in [-0.2, -0.15) is 0 Å². The smallest absolute Gasteiger partial charge is 0.407 e. The van der Waals surface area contributed by atoms with Gasteiger partial charge in [0.25, 0.3) is 0 Å². The summed E-state index contributed by atoms with van der Waals surface area (Å²) in [6.45, 7) is 7.28. The monoisotopic (exact) mass is 159 g/mol. The van der Waals surface area contributed by atoms with Gasteiger partial charge >= 0.3 is 6.09 Å². The lowest BCUT2D eigenvalue weighted by Gasteiger charge is -2.17. The fourth-order valence-electron chi connectivity index (χ4n) is 0.803. The van der Waals surface area contributed by atoms with Crippen LogP contribution in [0.3, 0.4) is 0 Å². The number of hydrogen-bond donors (Lipinski definition) is 1. The molecule has 11 heavy (non-hydrogen) atoms. The van der Waals surface area contributed by atoms with Gasteiger partial charge in [-0.1, -0.05) is 13.8 Å². The van der Waals surface area contributed by atoms with E-state index in [-0.39, 0.29) is 0 Å². The molecule has 0 aromatic heterocycles. The van der Waals surface area contributed by atoms with Crippen LogP contribution < -0.4 is 0 Å². The zero-order valence-corrected chi connectivity index (χ0v) is 7.50. The Morgan fingerprint density at radius 1 is 1.55 bits per heavy atom. The molecule has 0 saturated heterocycles. The number of hydrogen-bond acceptors (Lipinski definition) is 1. The Balaban J connectivity index is 3.61. The minimum atomic E-state index is -0.812. The summed E-state index contributed by atoms with van der Waals surface area (Å²) in [4.78, 5) is 11.9. The summed E-state index contributed by atoms with van der Waals surface area (Å²) in [5.41, 5.74) is 0. The number of carbonyl (C=O) groups is 1. The Bertz CT molecular complexity index is 123. The Morgan fingerprint density at radius 2 is 2.09 bits per heavy atom. The molecule has 0 aliphatic rings. The minimum absolute atomic E-state index is 0.573. The van der Waals surface area contributed by atoms with Crippen molar-refractivity contribution in [2.75, 3.05) is 13.1 Å². The van der Waals surface area contributed by atoms with E-state index in [1.165, 1.54) is 4.90 Å². The highest BCUT2D eigenvalue weighted by molar-refractivity contribution is 5.64. The van der Waals surface area contributed by atoms with Gasteiger partial charge in [-0.3, -0.25) is 0 Å². The third-order valence-corrected chi connectivity index (χ3v) is 1.63. The molecular formula is C8H17NO2. The summed E-state index contributed by atoms with van der Waals surface area (Å²) in [7, 11) is 0. The number of nitrogens with zero attached hydrogens (tertiary/aromatic N) is 1. The average Bonchev–Trinajstić information content (AvgIpc) is 1.87. The molecule has 0 aromatic carbocycles. The molecule has 3 heteroatoms. The Kier molecular flexibility index (Phi) is 4.66. The summed E-state index contributed by atoms with van der Waals surface area (Å²) in [5, 5.41) is 8.61. The quantitative estimate of drug-likeness (QED) is 0.681. The Hall–Kier alpha value is -0.730. The highest BCUT2D eigenvalue weighted by atomic mass is 16.4. The molecule has 0 aliphatic heterocycles. The standard InChI is InChI=1S/C8H17NO2/c1-4-9(8(10)11)6-5-7(2)3/h7H,4-6H2,1-3H3,(H,10,11). The fraction of sp³-hybridized carbons (Fsp3) is 0.875. The number of amides is 1. The Morgan fingerprint density at radius 3 is 2.36 bits per heavy atom. The van der Waals surface area contributed by atoms with Gasteiger partial charge in [-0.15, -0.1) is 0 Å². The lowest BCUT2D eigenvalue weighted by atomic mass is 10.1. The first-order valence-electron chi connectivity index (χ1n) is 4.05. The highest BCUT2D eigenvalue weighted by Crippen LogP contribution is 2.01. The molecule has 1 N–H and O–H groups in total. The first-order chi connectivity index (χ1) is 5.07. The molecule has 1 amide bonds. The van der Waals surface area contributed by atoms with Crippen LogP contribution in [0.2, 0.25) is 0 Å². The van der Waals surface area contributed by atoms with E-state index >= 15 is 0 Å². The molecule has 0 bridgehead atoms. The SMILES string of the molecule is CCN(CCC(C)C)C(=O)O. The van der Waals surface area contributed by atoms with Gasteiger partial charge in [0.05, 0.1) is 0 Å². The van der Waals surface area contributed by atoms with Gasteiger partial charge in [-0.25, -0.2) is 4.79 Å². The zero-order chi connectivity index (χ0) is 8.85. The summed E-state index contributed by atoms with van der Waals surface area (Å²) in [5.74, 6) is 0.573. The third-order valence-electron chi connectivity index (χ3n) is 1.63. The zero-order valence-electron chi connectivity index (χ0n) is 7.50. The lowest BCUT2D eigenvalue weighted by Crippen LogP contribution is -2.30. The van der Waals surface area contributed by atoms with Crippen molar-refractivity contribution in [3.8, 4) is 0 Å². The molecule has 0 aromatic rings. The number of rotatable bonds is 4. The van der Waals surface area contributed by atoms with E-state index in [0.717, 1.165) is 6.42 Å². The van der Waals surface area contributed by atoms with Crippen molar-refractivity contribution in [3.63, 3.8) is 0 Å². The van der Waals surface area contributed by atoms with E-state index in [4.69, 9.17) is 5.11 Å². The van der Waals surface area contributed by atoms with E-state index in [0.29, 0.717) is 19.0 Å². The average molecular weight is 159 g/mol. The van der Waals surface area contributed by atoms with Gasteiger partial charge in [0.1, 0.15) is 0 Å². The van der Waals surface area contributed by atoms with Crippen molar-refractivity contribution < 1.29 is 9.90 Å². The van der Waals surface area contributed by atoms with E-state index in [1.54, 1.807) is 0 Å². The van der Waals surface area contributed by atoms with Gasteiger partial charge in [0.15, 0.2) is 0 Å². The molecule has 0 spiro atoms. The molecule has 0 saturated carbocycles. The minimum Gasteiger partial charge on any atom is -0.465 e. The summed E-state index contributed by atoms with van der Waals surface area (Å²) < 4.78 is 0. The van der Waals surface area contributed by atoms with Crippen LogP contribution in [0.15, 0.2) is 0 Å². The van der Waals surface area contributed by atoms with Crippen molar-refractivity contribution in [3.05, 3.63) is 0 Å². The summed E-state index contributed by atoms with van der Waals surface area (Å²) in [6.07, 6.45) is 0.133. The van der Waals surface area contributed by atoms with Crippen LogP contribution in [0, 0.1) is 5.92 Å². The second-order valence-corrected chi connectivity index (χ2v) is 3.04. The maximum atomic E-state index is 10.5. The van der Waals surface area contributed by atoms with E-state index in [9.17, 15) is 4.79 Å². The fourth-order valence-corrected chi connectivity index (χ4v) is 0.803. The lowest BCUT2D eigenvalue weighted by molar-refractivity contribution is 0.145. The first kappa shape index (κ1) is 10.3. The molecule has 3 nitrogen and oxygen atoms in total. The molecule has 0 atom stereocenters. The molecule has 0 aliphatic carbocycles. The maximum absolute atomic E-state index is 10.5. The van der Waals surface area contributed by atoms with E-state index in [2.05, 4.69) is 13.8 Å². The van der Waals surface area contributed by atoms with Crippen molar-refractivity contribution in [2.24, 2.45) is 5.92 Å². The molecule has 0 heterocycles. The van der Waals surface area contributed by atoms with Crippen molar-refractivity contribution in [1.29, 1.82) is 0 Å². The second-order valence-electron chi connectivity index (χ2n) is 3.04. The molecule has 0 radical (unpaired) electrons. The predicted octanol–water partition coefficient (Wildman–Crippen LogP) is 2.03. The van der Waals surface area contributed by atoms with Crippen molar-refractivity contribution >= 4 is 6.09 Å². The molecule has 0 unspecified atom stereocenters. The molecule has 0 rings (SSSR count). The van der Waals surface area contributed by atoms with Gasteiger partial charge in [0, 0.05) is 13.1 Å². The first-order valence-corrected chi connectivity index (χ1v) is 4.05. The van der Waals surface area contributed by atoms with Crippen LogP contribution in [0.5, 0.6) is 0 Å². The van der Waals surface area contributed by atoms with Crippen LogP contribution in [-0.2, 0) is 0 Å². The highest BCUT2D eigenvalue weighted by Gasteiger charge is 2.08. The van der Waals surface area contributed by atoms with Crippen LogP contribution in [0.1, 0.15) is 27.2 Å². The molecule has 0 fully saturated rings. The van der Waals surface area contributed by atoms with Crippen LogP contribution in [-0.4, -0.2) is 29.2 Å². The van der Waals surface area contributed by atoms with Crippen LogP contribution >= 0.6 is 0 Å². The van der Waals surface area contributed by atoms with Crippen molar-refractivity contribution in [1.82, 2.24) is 4.90 Å². The maximum Gasteiger partial charge on any atom is 0.407 e. The van der Waals surface area contributed by atoms with Crippen LogP contribution in [0.25, 0.3) is 0 Å². The normalized spacial score (nSPS) is 10.2. The predicted molar refractivity (Wildman–Crippen MR) is 44.7 cm³/mol. The number of carboxylic acid groups (broad SMARTS) is 1.